The van der Waals surface area contributed by atoms with Crippen LogP contribution >= 0.6 is 0 Å². The molecule has 4 heteroatoms. The second kappa shape index (κ2) is 3.30. The van der Waals surface area contributed by atoms with Crippen molar-refractivity contribution < 1.29 is 8.78 Å². The van der Waals surface area contributed by atoms with Crippen molar-refractivity contribution in [3.8, 4) is 0 Å². The molecule has 1 heterocycles. The Morgan fingerprint density at radius 1 is 1.31 bits per heavy atom. The van der Waals surface area contributed by atoms with E-state index < -0.39 is 11.6 Å². The first-order valence-electron chi connectivity index (χ1n) is 4.18. The molecule has 0 radical (unpaired) electrons. The summed E-state index contributed by atoms with van der Waals surface area (Å²) in [5, 5.41) is 3.08. The maximum Gasteiger partial charge on any atom is 0.149 e. The molecule has 2 rings (SSSR count). The van der Waals surface area contributed by atoms with E-state index in [4.69, 9.17) is 0 Å². The van der Waals surface area contributed by atoms with Crippen LogP contribution < -0.4 is 10.2 Å². The molecule has 70 valence electrons. The maximum atomic E-state index is 13.2. The molecule has 1 aliphatic rings. The Morgan fingerprint density at radius 3 is 2.77 bits per heavy atom. The molecular weight excluding hydrogens is 174 g/mol. The molecule has 1 N–H and O–H groups in total. The first-order valence-corrected chi connectivity index (χ1v) is 4.18. The second-order valence-corrected chi connectivity index (χ2v) is 3.02. The maximum absolute atomic E-state index is 13.2. The van der Waals surface area contributed by atoms with Crippen LogP contribution in [0.1, 0.15) is 0 Å². The summed E-state index contributed by atoms with van der Waals surface area (Å²) in [7, 11) is 0. The fourth-order valence-corrected chi connectivity index (χ4v) is 1.45. The van der Waals surface area contributed by atoms with Crippen molar-refractivity contribution in [3.63, 3.8) is 0 Å². The van der Waals surface area contributed by atoms with Gasteiger partial charge in [-0.25, -0.2) is 8.78 Å². The molecule has 0 aromatic heterocycles. The fraction of sp³-hybridized carbons (Fsp3) is 0.333. The zero-order valence-corrected chi connectivity index (χ0v) is 7.06. The van der Waals surface area contributed by atoms with Crippen LogP contribution in [-0.2, 0) is 0 Å². The van der Waals surface area contributed by atoms with Crippen LogP contribution in [0.25, 0.3) is 0 Å². The monoisotopic (exact) mass is 184 g/mol. The van der Waals surface area contributed by atoms with Crippen molar-refractivity contribution in [2.45, 2.75) is 0 Å². The molecule has 1 fully saturated rings. The molecule has 1 aromatic carbocycles. The van der Waals surface area contributed by atoms with Gasteiger partial charge in [-0.05, 0) is 12.1 Å². The van der Waals surface area contributed by atoms with Crippen molar-refractivity contribution in [1.82, 2.24) is 5.32 Å². The van der Waals surface area contributed by atoms with E-state index in [-0.39, 0.29) is 0 Å². The molecule has 13 heavy (non-hydrogen) atoms. The molecule has 1 saturated heterocycles. The van der Waals surface area contributed by atoms with Crippen LogP contribution in [0.15, 0.2) is 18.2 Å². The summed E-state index contributed by atoms with van der Waals surface area (Å²) in [6.07, 6.45) is 0. The Balaban J connectivity index is 2.29. The Morgan fingerprint density at radius 2 is 2.15 bits per heavy atom. The lowest BCUT2D eigenvalue weighted by atomic mass is 10.3. The van der Waals surface area contributed by atoms with Crippen LogP contribution in [0.2, 0.25) is 0 Å². The highest BCUT2D eigenvalue weighted by Crippen LogP contribution is 2.20. The van der Waals surface area contributed by atoms with E-state index >= 15 is 0 Å². The molecule has 0 spiro atoms. The van der Waals surface area contributed by atoms with Gasteiger partial charge in [-0.2, -0.15) is 0 Å². The van der Waals surface area contributed by atoms with E-state index in [0.29, 0.717) is 12.4 Å². The topological polar surface area (TPSA) is 15.3 Å². The van der Waals surface area contributed by atoms with Gasteiger partial charge in [0.2, 0.25) is 0 Å². The van der Waals surface area contributed by atoms with Crippen molar-refractivity contribution in [1.29, 1.82) is 0 Å². The lowest BCUT2D eigenvalue weighted by Crippen LogP contribution is -2.22. The highest BCUT2D eigenvalue weighted by molar-refractivity contribution is 5.48. The number of hydrogen-bond donors (Lipinski definition) is 1. The predicted octanol–water partition coefficient (Wildman–Crippen LogP) is 1.33. The van der Waals surface area contributed by atoms with Crippen LogP contribution in [0.3, 0.4) is 0 Å². The average molecular weight is 184 g/mol. The first kappa shape index (κ1) is 8.44. The third-order valence-electron chi connectivity index (χ3n) is 2.11. The van der Waals surface area contributed by atoms with Gasteiger partial charge in [0.25, 0.3) is 0 Å². The van der Waals surface area contributed by atoms with Gasteiger partial charge in [-0.3, -0.25) is 5.32 Å². The lowest BCUT2D eigenvalue weighted by molar-refractivity contribution is 0.581. The fourth-order valence-electron chi connectivity index (χ4n) is 1.45. The van der Waals surface area contributed by atoms with E-state index in [1.54, 1.807) is 0 Å². The van der Waals surface area contributed by atoms with Gasteiger partial charge in [-0.1, -0.05) is 0 Å². The number of hydrogen-bond acceptors (Lipinski definition) is 2. The Labute approximate surface area is 75.2 Å². The molecule has 0 bridgehead atoms. The van der Waals surface area contributed by atoms with E-state index in [1.165, 1.54) is 12.1 Å². The average Bonchev–Trinajstić information content (AvgIpc) is 2.56. The summed E-state index contributed by atoms with van der Waals surface area (Å²) in [5.41, 5.74) is 0.464. The zero-order chi connectivity index (χ0) is 9.26. The van der Waals surface area contributed by atoms with Gasteiger partial charge in [0, 0.05) is 19.2 Å². The molecule has 0 aliphatic carbocycles. The first-order chi connectivity index (χ1) is 6.27. The van der Waals surface area contributed by atoms with Gasteiger partial charge in [0.15, 0.2) is 0 Å². The highest BCUT2D eigenvalue weighted by Gasteiger charge is 2.15. The Bertz CT molecular complexity index is 308. The molecule has 0 atom stereocenters. The normalized spacial score (nSPS) is 16.6. The number of nitrogens with one attached hydrogen (secondary N) is 1. The van der Waals surface area contributed by atoms with Gasteiger partial charge in [0.05, 0.1) is 12.4 Å². The third kappa shape index (κ3) is 1.62. The Kier molecular flexibility index (Phi) is 2.14. The van der Waals surface area contributed by atoms with Crippen LogP contribution in [-0.4, -0.2) is 19.8 Å². The number of halogens is 2. The van der Waals surface area contributed by atoms with Gasteiger partial charge in [-0.15, -0.1) is 0 Å². The van der Waals surface area contributed by atoms with Gasteiger partial charge >= 0.3 is 0 Å². The van der Waals surface area contributed by atoms with E-state index in [1.807, 2.05) is 4.90 Å². The third-order valence-corrected chi connectivity index (χ3v) is 2.11. The summed E-state index contributed by atoms with van der Waals surface area (Å²) >= 11 is 0. The highest BCUT2D eigenvalue weighted by atomic mass is 19.1. The van der Waals surface area contributed by atoms with Crippen LogP contribution in [0, 0.1) is 11.6 Å². The SMILES string of the molecule is Fc1ccc(N2CCNC2)c(F)c1. The van der Waals surface area contributed by atoms with Crippen molar-refractivity contribution in [3.05, 3.63) is 29.8 Å². The smallest absolute Gasteiger partial charge is 0.149 e. The number of nitrogens with zero attached hydrogens (tertiary/aromatic N) is 1. The van der Waals surface area contributed by atoms with Crippen molar-refractivity contribution in [2.75, 3.05) is 24.7 Å². The molecule has 2 nitrogen and oxygen atoms in total. The summed E-state index contributed by atoms with van der Waals surface area (Å²) in [5.74, 6) is -1.03. The van der Waals surface area contributed by atoms with E-state index in [2.05, 4.69) is 5.32 Å². The molecule has 0 unspecified atom stereocenters. The second-order valence-electron chi connectivity index (χ2n) is 3.02. The summed E-state index contributed by atoms with van der Waals surface area (Å²) in [6.45, 7) is 2.24. The molecule has 1 aromatic rings. The standard InChI is InChI=1S/C9H10F2N2/c10-7-1-2-9(8(11)5-7)13-4-3-12-6-13/h1-2,5,12H,3-4,6H2. The summed E-state index contributed by atoms with van der Waals surface area (Å²) in [6, 6.07) is 3.65. The van der Waals surface area contributed by atoms with Crippen LogP contribution in [0.4, 0.5) is 14.5 Å². The molecular formula is C9H10F2N2. The van der Waals surface area contributed by atoms with E-state index in [0.717, 1.165) is 19.2 Å². The van der Waals surface area contributed by atoms with Crippen LogP contribution in [0.5, 0.6) is 0 Å². The number of anilines is 1. The zero-order valence-electron chi connectivity index (χ0n) is 7.06. The minimum atomic E-state index is -0.534. The minimum absolute atomic E-state index is 0.464. The van der Waals surface area contributed by atoms with Crippen molar-refractivity contribution in [2.24, 2.45) is 0 Å². The van der Waals surface area contributed by atoms with Gasteiger partial charge in [0.1, 0.15) is 11.6 Å². The number of benzene rings is 1. The Hall–Kier alpha value is -1.16. The predicted molar refractivity (Wildman–Crippen MR) is 46.6 cm³/mol. The van der Waals surface area contributed by atoms with Gasteiger partial charge < -0.3 is 4.90 Å². The molecule has 0 saturated carbocycles. The van der Waals surface area contributed by atoms with E-state index in [9.17, 15) is 8.78 Å². The summed E-state index contributed by atoms with van der Waals surface area (Å²) in [4.78, 5) is 1.84. The quantitative estimate of drug-likeness (QED) is 0.708. The molecule has 1 aliphatic heterocycles. The number of rotatable bonds is 1. The van der Waals surface area contributed by atoms with Crippen molar-refractivity contribution >= 4 is 5.69 Å². The largest absolute Gasteiger partial charge is 0.355 e. The minimum Gasteiger partial charge on any atom is -0.355 e. The molecule has 0 amide bonds. The lowest BCUT2D eigenvalue weighted by Gasteiger charge is -2.16. The summed E-state index contributed by atoms with van der Waals surface area (Å²) < 4.78 is 25.8.